The van der Waals surface area contributed by atoms with Gasteiger partial charge in [0.2, 0.25) is 0 Å². The summed E-state index contributed by atoms with van der Waals surface area (Å²) >= 11 is 0. The van der Waals surface area contributed by atoms with Gasteiger partial charge in [-0.15, -0.1) is 0 Å². The molecule has 0 fully saturated rings. The Morgan fingerprint density at radius 2 is 1.65 bits per heavy atom. The summed E-state index contributed by atoms with van der Waals surface area (Å²) < 4.78 is 9.78. The van der Waals surface area contributed by atoms with Crippen molar-refractivity contribution in [1.29, 1.82) is 0 Å². The van der Waals surface area contributed by atoms with Gasteiger partial charge in [0.05, 0.1) is 26.6 Å². The van der Waals surface area contributed by atoms with Crippen LogP contribution < -0.4 is 0 Å². The number of ether oxygens (including phenoxy) is 2. The molecule has 0 unspecified atom stereocenters. The molecule has 0 saturated heterocycles. The molecule has 0 heterocycles. The molecule has 1 atom stereocenters. The highest BCUT2D eigenvalue weighted by Gasteiger charge is 2.19. The van der Waals surface area contributed by atoms with Gasteiger partial charge in [0.25, 0.3) is 0 Å². The van der Waals surface area contributed by atoms with Gasteiger partial charge < -0.3 is 9.47 Å². The molecule has 0 aromatic heterocycles. The van der Waals surface area contributed by atoms with Crippen molar-refractivity contribution in [1.82, 2.24) is 4.90 Å². The third kappa shape index (κ3) is 5.56. The van der Waals surface area contributed by atoms with E-state index in [9.17, 15) is 9.59 Å². The molecule has 0 saturated carbocycles. The van der Waals surface area contributed by atoms with Crippen LogP contribution in [0.15, 0.2) is 42.5 Å². The van der Waals surface area contributed by atoms with E-state index in [1.54, 1.807) is 6.92 Å². The number of rotatable bonds is 9. The molecule has 0 bridgehead atoms. The van der Waals surface area contributed by atoms with E-state index in [4.69, 9.17) is 9.47 Å². The van der Waals surface area contributed by atoms with E-state index in [0.717, 1.165) is 5.56 Å². The second-order valence-electron chi connectivity index (χ2n) is 6.20. The van der Waals surface area contributed by atoms with Crippen LogP contribution in [0.4, 0.5) is 0 Å². The number of esters is 2. The van der Waals surface area contributed by atoms with E-state index >= 15 is 0 Å². The van der Waals surface area contributed by atoms with Crippen LogP contribution in [0.2, 0.25) is 0 Å². The van der Waals surface area contributed by atoms with Crippen molar-refractivity contribution in [3.8, 4) is 0 Å². The third-order valence-corrected chi connectivity index (χ3v) is 4.54. The lowest BCUT2D eigenvalue weighted by atomic mass is 10.0. The maximum absolute atomic E-state index is 11.7. The number of carbonyl (C=O) groups excluding carboxylic acids is 2. The Morgan fingerprint density at radius 1 is 1.00 bits per heavy atom. The predicted octanol–water partition coefficient (Wildman–Crippen LogP) is 3.72. The largest absolute Gasteiger partial charge is 0.469 e. The maximum Gasteiger partial charge on any atom is 0.307 e. The molecule has 0 aliphatic rings. The van der Waals surface area contributed by atoms with E-state index in [2.05, 4.69) is 42.2 Å². The van der Waals surface area contributed by atoms with Gasteiger partial charge in [-0.1, -0.05) is 36.4 Å². The fraction of sp³-hybridized carbons (Fsp3) is 0.429. The first-order valence-corrected chi connectivity index (χ1v) is 9.00. The van der Waals surface area contributed by atoms with Crippen molar-refractivity contribution in [2.24, 2.45) is 0 Å². The Bertz CT molecular complexity index is 744. The zero-order valence-corrected chi connectivity index (χ0v) is 15.7. The number of nitrogens with zero attached hydrogens (tertiary/aromatic N) is 1. The minimum Gasteiger partial charge on any atom is -0.469 e. The van der Waals surface area contributed by atoms with Crippen LogP contribution in [0.1, 0.15) is 38.3 Å². The van der Waals surface area contributed by atoms with Crippen LogP contribution in [0, 0.1) is 0 Å². The van der Waals surface area contributed by atoms with E-state index < -0.39 is 0 Å². The average molecular weight is 357 g/mol. The molecule has 0 amide bonds. The van der Waals surface area contributed by atoms with Crippen molar-refractivity contribution in [2.45, 2.75) is 32.7 Å². The van der Waals surface area contributed by atoms with E-state index in [1.807, 2.05) is 12.1 Å². The van der Waals surface area contributed by atoms with Gasteiger partial charge in [-0.3, -0.25) is 14.5 Å². The summed E-state index contributed by atoms with van der Waals surface area (Å²) in [4.78, 5) is 25.4. The van der Waals surface area contributed by atoms with Crippen molar-refractivity contribution in [2.75, 3.05) is 26.8 Å². The summed E-state index contributed by atoms with van der Waals surface area (Å²) in [5, 5.41) is 2.37. The van der Waals surface area contributed by atoms with Crippen LogP contribution in [0.25, 0.3) is 10.8 Å². The summed E-state index contributed by atoms with van der Waals surface area (Å²) in [5.41, 5.74) is 1.15. The number of fused-ring (bicyclic) bond motifs is 1. The van der Waals surface area contributed by atoms with Crippen molar-refractivity contribution >= 4 is 22.7 Å². The Hall–Kier alpha value is -2.40. The lowest BCUT2D eigenvalue weighted by molar-refractivity contribution is -0.143. The Balaban J connectivity index is 2.14. The highest BCUT2D eigenvalue weighted by Crippen LogP contribution is 2.25. The number of hydrogen-bond donors (Lipinski definition) is 0. The second kappa shape index (κ2) is 9.92. The molecule has 0 spiro atoms. The molecule has 0 aliphatic carbocycles. The topological polar surface area (TPSA) is 55.8 Å². The third-order valence-electron chi connectivity index (χ3n) is 4.54. The maximum atomic E-state index is 11.7. The van der Waals surface area contributed by atoms with Gasteiger partial charge >= 0.3 is 11.9 Å². The van der Waals surface area contributed by atoms with Crippen molar-refractivity contribution < 1.29 is 19.1 Å². The molecule has 2 rings (SSSR count). The van der Waals surface area contributed by atoms with Gasteiger partial charge in [-0.2, -0.15) is 0 Å². The van der Waals surface area contributed by atoms with Crippen LogP contribution in [-0.4, -0.2) is 43.6 Å². The second-order valence-corrected chi connectivity index (χ2v) is 6.20. The smallest absolute Gasteiger partial charge is 0.307 e. The molecule has 0 radical (unpaired) electrons. The van der Waals surface area contributed by atoms with Crippen molar-refractivity contribution in [3.63, 3.8) is 0 Å². The minimum absolute atomic E-state index is 0.0682. The quantitative estimate of drug-likeness (QED) is 0.640. The van der Waals surface area contributed by atoms with Crippen LogP contribution in [-0.2, 0) is 19.1 Å². The molecule has 140 valence electrons. The lowest BCUT2D eigenvalue weighted by Gasteiger charge is -2.29. The number of hydrogen-bond acceptors (Lipinski definition) is 5. The number of carbonyl (C=O) groups is 2. The van der Waals surface area contributed by atoms with Gasteiger partial charge in [0.1, 0.15) is 0 Å². The van der Waals surface area contributed by atoms with Crippen LogP contribution >= 0.6 is 0 Å². The first kappa shape index (κ1) is 19.9. The lowest BCUT2D eigenvalue weighted by Crippen LogP contribution is -2.32. The SMILES string of the molecule is CCOC(=O)CCN(CCC(=O)OC)[C@@H](C)c1ccc2ccccc2c1. The molecule has 5 heteroatoms. The normalized spacial score (nSPS) is 12.2. The highest BCUT2D eigenvalue weighted by atomic mass is 16.5. The summed E-state index contributed by atoms with van der Waals surface area (Å²) in [5.74, 6) is -0.474. The molecular weight excluding hydrogens is 330 g/mol. The fourth-order valence-electron chi connectivity index (χ4n) is 2.98. The minimum atomic E-state index is -0.253. The van der Waals surface area contributed by atoms with Gasteiger partial charge in [0.15, 0.2) is 0 Å². The van der Waals surface area contributed by atoms with E-state index in [0.29, 0.717) is 26.1 Å². The Kier molecular flexibility index (Phi) is 7.60. The monoisotopic (exact) mass is 357 g/mol. The fourth-order valence-corrected chi connectivity index (χ4v) is 2.98. The molecule has 2 aromatic carbocycles. The first-order valence-electron chi connectivity index (χ1n) is 9.00. The zero-order chi connectivity index (χ0) is 18.9. The van der Waals surface area contributed by atoms with Gasteiger partial charge in [-0.25, -0.2) is 0 Å². The molecule has 0 aliphatic heterocycles. The Labute approximate surface area is 154 Å². The molecule has 5 nitrogen and oxygen atoms in total. The number of methoxy groups -OCH3 is 1. The average Bonchev–Trinajstić information content (AvgIpc) is 2.67. The van der Waals surface area contributed by atoms with Crippen LogP contribution in [0.5, 0.6) is 0 Å². The summed E-state index contributed by atoms with van der Waals surface area (Å²) in [7, 11) is 1.39. The molecular formula is C21H27NO4. The Morgan fingerprint density at radius 3 is 2.31 bits per heavy atom. The molecule has 26 heavy (non-hydrogen) atoms. The number of benzene rings is 2. The molecule has 0 N–H and O–H groups in total. The van der Waals surface area contributed by atoms with Crippen molar-refractivity contribution in [3.05, 3.63) is 48.0 Å². The summed E-state index contributed by atoms with van der Waals surface area (Å²) in [6.45, 7) is 5.32. The van der Waals surface area contributed by atoms with E-state index in [1.165, 1.54) is 17.9 Å². The first-order chi connectivity index (χ1) is 12.5. The standard InChI is InChI=1S/C21H27NO4/c1-4-26-21(24)12-14-22(13-11-20(23)25-3)16(2)18-10-9-17-7-5-6-8-19(17)15-18/h5-10,15-16H,4,11-14H2,1-3H3/t16-/m0/s1. The predicted molar refractivity (Wildman–Crippen MR) is 102 cm³/mol. The van der Waals surface area contributed by atoms with E-state index in [-0.39, 0.29) is 24.4 Å². The molecule has 2 aromatic rings. The summed E-state index contributed by atoms with van der Waals surface area (Å²) in [6, 6.07) is 14.6. The zero-order valence-electron chi connectivity index (χ0n) is 15.7. The highest BCUT2D eigenvalue weighted by molar-refractivity contribution is 5.83. The van der Waals surface area contributed by atoms with Gasteiger partial charge in [0, 0.05) is 19.1 Å². The van der Waals surface area contributed by atoms with Crippen LogP contribution in [0.3, 0.4) is 0 Å². The summed E-state index contributed by atoms with van der Waals surface area (Å²) in [6.07, 6.45) is 0.587. The van der Waals surface area contributed by atoms with Gasteiger partial charge in [-0.05, 0) is 36.2 Å².